The molecule has 0 nitrogen and oxygen atoms in total. The summed E-state index contributed by atoms with van der Waals surface area (Å²) in [6.07, 6.45) is 14.0. The molecule has 1 heteroatoms. The molecule has 0 saturated carbocycles. The molecule has 0 saturated heterocycles. The highest BCUT2D eigenvalue weighted by Crippen LogP contribution is 2.54. The molecule has 246 valence electrons. The summed E-state index contributed by atoms with van der Waals surface area (Å²) in [5.74, 6) is 0.545. The Bertz CT molecular complexity index is 2870. The van der Waals surface area contributed by atoms with Crippen molar-refractivity contribution in [2.24, 2.45) is 11.8 Å². The number of hydrogen-bond acceptors (Lipinski definition) is 1. The second kappa shape index (κ2) is 11.1. The maximum absolute atomic E-state index is 2.50. The van der Waals surface area contributed by atoms with Crippen molar-refractivity contribution in [2.75, 3.05) is 0 Å². The summed E-state index contributed by atoms with van der Waals surface area (Å²) in [6.45, 7) is 4.79. The van der Waals surface area contributed by atoms with E-state index in [1.54, 1.807) is 0 Å². The van der Waals surface area contributed by atoms with Gasteiger partial charge in [0.1, 0.15) is 0 Å². The van der Waals surface area contributed by atoms with E-state index in [-0.39, 0.29) is 17.3 Å². The van der Waals surface area contributed by atoms with E-state index in [4.69, 9.17) is 0 Å². The lowest BCUT2D eigenvalue weighted by molar-refractivity contribution is 0.661. The second-order valence-electron chi connectivity index (χ2n) is 15.2. The highest BCUT2D eigenvalue weighted by molar-refractivity contribution is 7.25. The molecular weight excluding hydrogens is 645 g/mol. The van der Waals surface area contributed by atoms with E-state index in [1.165, 1.54) is 97.4 Å². The highest BCUT2D eigenvalue weighted by atomic mass is 32.1. The van der Waals surface area contributed by atoms with Crippen molar-refractivity contribution in [3.8, 4) is 22.3 Å². The zero-order chi connectivity index (χ0) is 34.6. The van der Waals surface area contributed by atoms with Crippen LogP contribution >= 0.6 is 11.3 Å². The lowest BCUT2D eigenvalue weighted by Gasteiger charge is -2.33. The molecule has 0 radical (unpaired) electrons. The third kappa shape index (κ3) is 4.21. The van der Waals surface area contributed by atoms with Crippen LogP contribution in [0.4, 0.5) is 0 Å². The van der Waals surface area contributed by atoms with Gasteiger partial charge in [-0.2, -0.15) is 0 Å². The first-order valence-electron chi connectivity index (χ1n) is 18.4. The van der Waals surface area contributed by atoms with Gasteiger partial charge >= 0.3 is 0 Å². The van der Waals surface area contributed by atoms with Gasteiger partial charge in [-0.1, -0.05) is 159 Å². The topological polar surface area (TPSA) is 0 Å². The van der Waals surface area contributed by atoms with Gasteiger partial charge in [0.15, 0.2) is 0 Å². The van der Waals surface area contributed by atoms with Crippen LogP contribution in [-0.2, 0) is 5.41 Å². The first-order chi connectivity index (χ1) is 25.6. The van der Waals surface area contributed by atoms with E-state index in [1.807, 2.05) is 11.3 Å². The molecule has 0 fully saturated rings. The van der Waals surface area contributed by atoms with Crippen molar-refractivity contribution >= 4 is 64.2 Å². The zero-order valence-corrected chi connectivity index (χ0v) is 30.0. The summed E-state index contributed by atoms with van der Waals surface area (Å²) in [7, 11) is 0. The van der Waals surface area contributed by atoms with Crippen molar-refractivity contribution in [2.45, 2.75) is 19.3 Å². The van der Waals surface area contributed by atoms with E-state index in [0.717, 1.165) is 0 Å². The summed E-state index contributed by atoms with van der Waals surface area (Å²) in [5.41, 5.74) is 13.5. The normalized spacial score (nSPS) is 18.4. The number of allylic oxidation sites excluding steroid dienone is 8. The molecule has 3 aliphatic carbocycles. The number of benzene rings is 7. The van der Waals surface area contributed by atoms with Crippen molar-refractivity contribution < 1.29 is 0 Å². The maximum atomic E-state index is 2.50. The van der Waals surface area contributed by atoms with Crippen LogP contribution < -0.4 is 0 Å². The minimum absolute atomic E-state index is 0.0698. The van der Waals surface area contributed by atoms with Crippen LogP contribution in [0.3, 0.4) is 0 Å². The van der Waals surface area contributed by atoms with Gasteiger partial charge in [0.25, 0.3) is 0 Å². The lowest BCUT2D eigenvalue weighted by Crippen LogP contribution is -2.19. The number of rotatable bonds is 3. The molecule has 2 unspecified atom stereocenters. The predicted molar refractivity (Wildman–Crippen MR) is 225 cm³/mol. The fraction of sp³-hybridized carbons (Fsp3) is 0.0980. The predicted octanol–water partition coefficient (Wildman–Crippen LogP) is 14.2. The number of fused-ring (bicyclic) bond motifs is 9. The molecule has 0 aliphatic heterocycles. The van der Waals surface area contributed by atoms with Gasteiger partial charge in [-0.25, -0.2) is 0 Å². The van der Waals surface area contributed by atoms with Crippen LogP contribution in [0.15, 0.2) is 170 Å². The number of thiophene rings is 1. The molecule has 0 bridgehead atoms. The van der Waals surface area contributed by atoms with Gasteiger partial charge in [0, 0.05) is 37.4 Å². The summed E-state index contributed by atoms with van der Waals surface area (Å²) in [6, 6.07) is 50.2. The minimum atomic E-state index is -0.0698. The van der Waals surface area contributed by atoms with Crippen molar-refractivity contribution in [3.05, 3.63) is 192 Å². The van der Waals surface area contributed by atoms with Gasteiger partial charge < -0.3 is 0 Å². The third-order valence-corrected chi connectivity index (χ3v) is 13.2. The third-order valence-electron chi connectivity index (χ3n) is 12.1. The standard InChI is InChI=1S/C51H36S/c1-51(2)45-27-24-32(28-42(45)43-29-44-36-18-12-13-23-47(36)52-48(44)30-46(43)51)49-37-19-8-10-21-39(37)50(40-22-11-9-20-38(40)49)41-26-25-33(31-14-4-3-5-15-31)34-16-6-7-17-35(34)41/h3-30,34-35H,1-2H3. The molecule has 1 aromatic heterocycles. The van der Waals surface area contributed by atoms with E-state index in [9.17, 15) is 0 Å². The molecule has 52 heavy (non-hydrogen) atoms. The molecular formula is C51H36S. The van der Waals surface area contributed by atoms with Crippen molar-refractivity contribution in [1.82, 2.24) is 0 Å². The fourth-order valence-electron chi connectivity index (χ4n) is 9.65. The summed E-state index contributed by atoms with van der Waals surface area (Å²) in [5, 5.41) is 7.95. The fourth-order valence-corrected chi connectivity index (χ4v) is 10.8. The maximum Gasteiger partial charge on any atom is 0.0358 e. The Morgan fingerprint density at radius 2 is 1.02 bits per heavy atom. The van der Waals surface area contributed by atoms with Crippen LogP contribution in [0, 0.1) is 11.8 Å². The van der Waals surface area contributed by atoms with Crippen LogP contribution in [0.25, 0.3) is 75.1 Å². The van der Waals surface area contributed by atoms with Gasteiger partial charge in [0.2, 0.25) is 0 Å². The van der Waals surface area contributed by atoms with E-state index in [2.05, 4.69) is 184 Å². The van der Waals surface area contributed by atoms with Crippen LogP contribution in [0.5, 0.6) is 0 Å². The van der Waals surface area contributed by atoms with E-state index >= 15 is 0 Å². The smallest absolute Gasteiger partial charge is 0.0358 e. The Morgan fingerprint density at radius 1 is 0.442 bits per heavy atom. The van der Waals surface area contributed by atoms with E-state index < -0.39 is 0 Å². The Balaban J connectivity index is 1.15. The quantitative estimate of drug-likeness (QED) is 0.163. The Kier molecular flexibility index (Phi) is 6.40. The Morgan fingerprint density at radius 3 is 1.73 bits per heavy atom. The molecule has 0 amide bonds. The molecule has 0 spiro atoms. The monoisotopic (exact) mass is 680 g/mol. The van der Waals surface area contributed by atoms with Gasteiger partial charge in [-0.3, -0.25) is 0 Å². The van der Waals surface area contributed by atoms with Gasteiger partial charge in [0.05, 0.1) is 0 Å². The SMILES string of the molecule is CC1(C)c2ccc(-c3c4ccccc4c(C4=CC=C(c5ccccc5)C5C=CC=CC45)c4ccccc34)cc2-c2cc3c(cc21)sc1ccccc13. The molecule has 7 aromatic carbocycles. The van der Waals surface area contributed by atoms with Crippen molar-refractivity contribution in [1.29, 1.82) is 0 Å². The zero-order valence-electron chi connectivity index (χ0n) is 29.2. The van der Waals surface area contributed by atoms with Gasteiger partial charge in [-0.15, -0.1) is 11.3 Å². The first-order valence-corrected chi connectivity index (χ1v) is 19.2. The second-order valence-corrected chi connectivity index (χ2v) is 16.2. The van der Waals surface area contributed by atoms with Crippen molar-refractivity contribution in [3.63, 3.8) is 0 Å². The average Bonchev–Trinajstić information content (AvgIpc) is 3.67. The van der Waals surface area contributed by atoms with Crippen LogP contribution in [0.1, 0.15) is 36.1 Å². The molecule has 0 N–H and O–H groups in total. The highest BCUT2D eigenvalue weighted by Gasteiger charge is 2.37. The summed E-state index contributed by atoms with van der Waals surface area (Å²) in [4.78, 5) is 0. The average molecular weight is 681 g/mol. The summed E-state index contributed by atoms with van der Waals surface area (Å²) < 4.78 is 2.74. The molecule has 2 atom stereocenters. The van der Waals surface area contributed by atoms with Crippen LogP contribution in [0.2, 0.25) is 0 Å². The summed E-state index contributed by atoms with van der Waals surface area (Å²) >= 11 is 1.91. The Hall–Kier alpha value is -5.76. The largest absolute Gasteiger partial charge is 0.135 e. The molecule has 8 aromatic rings. The van der Waals surface area contributed by atoms with Gasteiger partial charge in [-0.05, 0) is 101 Å². The Labute approximate surface area is 308 Å². The lowest BCUT2D eigenvalue weighted by atomic mass is 9.70. The van der Waals surface area contributed by atoms with E-state index in [0.29, 0.717) is 0 Å². The minimum Gasteiger partial charge on any atom is -0.135 e. The number of hydrogen-bond donors (Lipinski definition) is 0. The van der Waals surface area contributed by atoms with Crippen LogP contribution in [-0.4, -0.2) is 0 Å². The molecule has 1 heterocycles. The molecule has 3 aliphatic rings. The molecule has 11 rings (SSSR count). The first kappa shape index (κ1) is 29.9.